The monoisotopic (exact) mass is 355 g/mol. The lowest BCUT2D eigenvalue weighted by atomic mass is 9.99. The van der Waals surface area contributed by atoms with E-state index in [1.165, 1.54) is 18.9 Å². The first-order valence-corrected chi connectivity index (χ1v) is 8.26. The smallest absolute Gasteiger partial charge is 0.283 e. The van der Waals surface area contributed by atoms with Crippen LogP contribution in [0.4, 0.5) is 5.69 Å². The molecule has 1 saturated heterocycles. The second-order valence-electron chi connectivity index (χ2n) is 5.55. The molecule has 1 heterocycles. The molecule has 0 saturated carbocycles. The Labute approximate surface area is 134 Å². The first-order valence-electron chi connectivity index (χ1n) is 7.46. The van der Waals surface area contributed by atoms with E-state index in [-0.39, 0.29) is 10.6 Å². The van der Waals surface area contributed by atoms with E-state index >= 15 is 0 Å². The maximum atomic E-state index is 11.0. The molecule has 0 spiro atoms. The summed E-state index contributed by atoms with van der Waals surface area (Å²) in [6.07, 6.45) is 2.50. The Bertz CT molecular complexity index is 490. The van der Waals surface area contributed by atoms with Crippen LogP contribution in [0, 0.1) is 16.0 Å². The average Bonchev–Trinajstić information content (AvgIpc) is 2.49. The Morgan fingerprint density at radius 3 is 2.95 bits per heavy atom. The van der Waals surface area contributed by atoms with Gasteiger partial charge >= 0.3 is 0 Å². The van der Waals surface area contributed by atoms with Crippen molar-refractivity contribution < 1.29 is 4.92 Å². The van der Waals surface area contributed by atoms with E-state index in [4.69, 9.17) is 0 Å². The van der Waals surface area contributed by atoms with Crippen molar-refractivity contribution in [3.05, 3.63) is 38.3 Å². The average molecular weight is 356 g/mol. The van der Waals surface area contributed by atoms with Crippen molar-refractivity contribution in [3.8, 4) is 0 Å². The van der Waals surface area contributed by atoms with Gasteiger partial charge in [-0.25, -0.2) is 0 Å². The molecular formula is C15H22BrN3O2. The molecule has 1 aromatic rings. The summed E-state index contributed by atoms with van der Waals surface area (Å²) < 4.78 is 0.607. The van der Waals surface area contributed by atoms with Crippen molar-refractivity contribution in [2.45, 2.75) is 26.3 Å². The van der Waals surface area contributed by atoms with Crippen molar-refractivity contribution in [1.82, 2.24) is 10.2 Å². The number of hydrogen-bond donors (Lipinski definition) is 1. The number of nitrogens with one attached hydrogen (secondary N) is 1. The fourth-order valence-corrected chi connectivity index (χ4v) is 3.36. The number of hydrogen-bond acceptors (Lipinski definition) is 4. The molecule has 0 bridgehead atoms. The van der Waals surface area contributed by atoms with Crippen LogP contribution < -0.4 is 5.32 Å². The van der Waals surface area contributed by atoms with Crippen LogP contribution in [0.2, 0.25) is 0 Å². The van der Waals surface area contributed by atoms with Gasteiger partial charge in [-0.1, -0.05) is 19.1 Å². The Morgan fingerprint density at radius 2 is 2.33 bits per heavy atom. The maximum absolute atomic E-state index is 11.0. The lowest BCUT2D eigenvalue weighted by Crippen LogP contribution is -2.38. The molecule has 0 radical (unpaired) electrons. The van der Waals surface area contributed by atoms with Gasteiger partial charge in [-0.05, 0) is 59.9 Å². The third-order valence-electron chi connectivity index (χ3n) is 4.01. The molecule has 1 unspecified atom stereocenters. The molecular weight excluding hydrogens is 334 g/mol. The number of halogens is 1. The van der Waals surface area contributed by atoms with E-state index in [0.717, 1.165) is 38.3 Å². The number of nitro groups is 1. The van der Waals surface area contributed by atoms with Gasteiger partial charge in [-0.3, -0.25) is 15.0 Å². The van der Waals surface area contributed by atoms with Gasteiger partial charge in [0.05, 0.1) is 9.40 Å². The molecule has 116 valence electrons. The molecule has 21 heavy (non-hydrogen) atoms. The van der Waals surface area contributed by atoms with Crippen LogP contribution in [-0.2, 0) is 6.54 Å². The van der Waals surface area contributed by atoms with Crippen molar-refractivity contribution in [1.29, 1.82) is 0 Å². The van der Waals surface area contributed by atoms with Crippen LogP contribution in [0.1, 0.15) is 25.3 Å². The highest BCUT2D eigenvalue weighted by molar-refractivity contribution is 9.10. The third kappa shape index (κ3) is 4.49. The maximum Gasteiger partial charge on any atom is 0.283 e. The molecule has 2 rings (SSSR count). The lowest BCUT2D eigenvalue weighted by molar-refractivity contribution is -0.385. The molecule has 0 aliphatic carbocycles. The predicted octanol–water partition coefficient (Wildman–Crippen LogP) is 3.18. The number of rotatable bonds is 6. The number of piperidine rings is 1. The van der Waals surface area contributed by atoms with Crippen LogP contribution in [0.25, 0.3) is 0 Å². The fourth-order valence-electron chi connectivity index (χ4n) is 2.82. The highest BCUT2D eigenvalue weighted by Crippen LogP contribution is 2.29. The molecule has 6 heteroatoms. The van der Waals surface area contributed by atoms with Crippen molar-refractivity contribution in [2.24, 2.45) is 5.92 Å². The van der Waals surface area contributed by atoms with Crippen molar-refractivity contribution in [2.75, 3.05) is 26.2 Å². The van der Waals surface area contributed by atoms with E-state index in [1.807, 2.05) is 6.07 Å². The second-order valence-corrected chi connectivity index (χ2v) is 6.34. The van der Waals surface area contributed by atoms with E-state index in [1.54, 1.807) is 6.07 Å². The molecule has 0 aromatic heterocycles. The Morgan fingerprint density at radius 1 is 1.52 bits per heavy atom. The molecule has 1 N–H and O–H groups in total. The van der Waals surface area contributed by atoms with Crippen LogP contribution >= 0.6 is 15.9 Å². The standard InChI is InChI=1S/C15H22BrN3O2/c1-2-18(10-12-5-4-8-17-9-12)11-13-6-3-7-14(15(13)16)19(20)21/h3,6-7,12,17H,2,4-5,8-11H2,1H3. The largest absolute Gasteiger partial charge is 0.316 e. The highest BCUT2D eigenvalue weighted by atomic mass is 79.9. The van der Waals surface area contributed by atoms with Crippen molar-refractivity contribution in [3.63, 3.8) is 0 Å². The summed E-state index contributed by atoms with van der Waals surface area (Å²) in [6.45, 7) is 7.08. The van der Waals surface area contributed by atoms with E-state index in [9.17, 15) is 10.1 Å². The van der Waals surface area contributed by atoms with Crippen LogP contribution in [0.15, 0.2) is 22.7 Å². The number of nitro benzene ring substituents is 1. The zero-order chi connectivity index (χ0) is 15.2. The summed E-state index contributed by atoms with van der Waals surface area (Å²) in [6, 6.07) is 5.25. The summed E-state index contributed by atoms with van der Waals surface area (Å²) in [5.41, 5.74) is 1.12. The van der Waals surface area contributed by atoms with Gasteiger partial charge in [0.2, 0.25) is 0 Å². The van der Waals surface area contributed by atoms with Crippen LogP contribution in [-0.4, -0.2) is 36.0 Å². The summed E-state index contributed by atoms with van der Waals surface area (Å²) in [5, 5.41) is 14.4. The van der Waals surface area contributed by atoms with Gasteiger partial charge in [0.15, 0.2) is 0 Å². The van der Waals surface area contributed by atoms with Gasteiger partial charge in [0.25, 0.3) is 5.69 Å². The summed E-state index contributed by atoms with van der Waals surface area (Å²) in [4.78, 5) is 13.0. The molecule has 1 aromatic carbocycles. The summed E-state index contributed by atoms with van der Waals surface area (Å²) >= 11 is 3.38. The zero-order valence-electron chi connectivity index (χ0n) is 12.3. The van der Waals surface area contributed by atoms with Crippen LogP contribution in [0.5, 0.6) is 0 Å². The highest BCUT2D eigenvalue weighted by Gasteiger charge is 2.19. The SMILES string of the molecule is CCN(Cc1cccc([N+](=O)[O-])c1Br)CC1CCCNC1. The number of benzene rings is 1. The first-order chi connectivity index (χ1) is 10.1. The van der Waals surface area contributed by atoms with E-state index < -0.39 is 0 Å². The zero-order valence-corrected chi connectivity index (χ0v) is 13.9. The van der Waals surface area contributed by atoms with Gasteiger partial charge in [-0.2, -0.15) is 0 Å². The van der Waals surface area contributed by atoms with E-state index in [0.29, 0.717) is 10.4 Å². The molecule has 1 fully saturated rings. The molecule has 5 nitrogen and oxygen atoms in total. The van der Waals surface area contributed by atoms with Crippen LogP contribution in [0.3, 0.4) is 0 Å². The van der Waals surface area contributed by atoms with Gasteiger partial charge in [0, 0.05) is 19.2 Å². The van der Waals surface area contributed by atoms with Gasteiger partial charge < -0.3 is 5.32 Å². The Kier molecular flexibility index (Phi) is 6.14. The fraction of sp³-hybridized carbons (Fsp3) is 0.600. The molecule has 1 aliphatic rings. The second kappa shape index (κ2) is 7.87. The topological polar surface area (TPSA) is 58.4 Å². The minimum atomic E-state index is -0.338. The first kappa shape index (κ1) is 16.4. The minimum absolute atomic E-state index is 0.142. The minimum Gasteiger partial charge on any atom is -0.316 e. The van der Waals surface area contributed by atoms with Gasteiger partial charge in [0.1, 0.15) is 0 Å². The Balaban J connectivity index is 2.04. The molecule has 0 amide bonds. The summed E-state index contributed by atoms with van der Waals surface area (Å²) in [7, 11) is 0. The Hall–Kier alpha value is -0.980. The van der Waals surface area contributed by atoms with Crippen molar-refractivity contribution >= 4 is 21.6 Å². The van der Waals surface area contributed by atoms with Gasteiger partial charge in [-0.15, -0.1) is 0 Å². The normalized spacial score (nSPS) is 18.9. The predicted molar refractivity (Wildman–Crippen MR) is 87.3 cm³/mol. The van der Waals surface area contributed by atoms with E-state index in [2.05, 4.69) is 33.1 Å². The quantitative estimate of drug-likeness (QED) is 0.628. The number of nitrogens with zero attached hydrogens (tertiary/aromatic N) is 2. The summed E-state index contributed by atoms with van der Waals surface area (Å²) in [5.74, 6) is 0.677. The molecule has 1 atom stereocenters. The molecule has 1 aliphatic heterocycles. The lowest BCUT2D eigenvalue weighted by Gasteiger charge is -2.29. The third-order valence-corrected chi connectivity index (χ3v) is 4.93.